The summed E-state index contributed by atoms with van der Waals surface area (Å²) < 4.78 is 63.0. The van der Waals surface area contributed by atoms with Crippen LogP contribution in [0.1, 0.15) is 22.6 Å². The Morgan fingerprint density at radius 1 is 0.950 bits per heavy atom. The van der Waals surface area contributed by atoms with Gasteiger partial charge in [0.2, 0.25) is 17.1 Å². The lowest BCUT2D eigenvalue weighted by atomic mass is 10.1. The third-order valence-corrected chi connectivity index (χ3v) is 6.47. The number of nitrogens with zero attached hydrogens (tertiary/aromatic N) is 5. The van der Waals surface area contributed by atoms with Crippen molar-refractivity contribution in [2.24, 2.45) is 0 Å². The van der Waals surface area contributed by atoms with Gasteiger partial charge in [0.25, 0.3) is 0 Å². The minimum Gasteiger partial charge on any atom is -0.342 e. The topological polar surface area (TPSA) is 78.7 Å². The Hall–Kier alpha value is -5.06. The average Bonchev–Trinajstić information content (AvgIpc) is 3.63. The van der Waals surface area contributed by atoms with Crippen molar-refractivity contribution in [1.29, 1.82) is 0 Å². The van der Waals surface area contributed by atoms with Gasteiger partial charge in [0.1, 0.15) is 5.82 Å². The summed E-state index contributed by atoms with van der Waals surface area (Å²) >= 11 is 0. The molecule has 6 aromatic rings. The van der Waals surface area contributed by atoms with Gasteiger partial charge in [-0.05, 0) is 35.4 Å². The van der Waals surface area contributed by atoms with Crippen LogP contribution in [0.5, 0.6) is 0 Å². The zero-order chi connectivity index (χ0) is 27.9. The molecule has 0 bridgehead atoms. The van der Waals surface area contributed by atoms with Crippen molar-refractivity contribution in [1.82, 2.24) is 24.3 Å². The number of rotatable bonds is 6. The molecule has 0 saturated carbocycles. The highest BCUT2D eigenvalue weighted by Crippen LogP contribution is 2.30. The highest BCUT2D eigenvalue weighted by Gasteiger charge is 2.30. The quantitative estimate of drug-likeness (QED) is 0.239. The molecule has 200 valence electrons. The molecule has 0 unspecified atom stereocenters. The number of imidazole rings is 1. The number of aromatic nitrogens is 5. The van der Waals surface area contributed by atoms with Crippen LogP contribution in [-0.2, 0) is 19.1 Å². The Kier molecular flexibility index (Phi) is 6.25. The minimum absolute atomic E-state index is 0.0260. The van der Waals surface area contributed by atoms with Crippen LogP contribution < -0.4 is 5.43 Å². The van der Waals surface area contributed by atoms with Gasteiger partial charge in [-0.1, -0.05) is 47.6 Å². The Morgan fingerprint density at radius 3 is 2.42 bits per heavy atom. The van der Waals surface area contributed by atoms with Crippen LogP contribution in [-0.4, -0.2) is 24.3 Å². The molecule has 0 amide bonds. The van der Waals surface area contributed by atoms with Crippen LogP contribution in [0.15, 0.2) is 101 Å². The molecular formula is C29H19F4N5O2. The van der Waals surface area contributed by atoms with E-state index in [1.165, 1.54) is 41.5 Å². The third-order valence-electron chi connectivity index (χ3n) is 6.47. The number of fused-ring (bicyclic) bond motifs is 1. The number of alkyl halides is 3. The molecule has 11 heteroatoms. The first-order valence-electron chi connectivity index (χ1n) is 12.1. The van der Waals surface area contributed by atoms with Gasteiger partial charge in [-0.2, -0.15) is 18.2 Å². The highest BCUT2D eigenvalue weighted by molar-refractivity contribution is 5.85. The molecule has 40 heavy (non-hydrogen) atoms. The Morgan fingerprint density at radius 2 is 1.73 bits per heavy atom. The molecule has 0 radical (unpaired) electrons. The number of hydrogen-bond acceptors (Lipinski definition) is 5. The molecule has 3 aromatic heterocycles. The fraction of sp³-hybridized carbons (Fsp3) is 0.103. The lowest BCUT2D eigenvalue weighted by Crippen LogP contribution is -2.15. The molecular weight excluding hydrogens is 526 g/mol. The van der Waals surface area contributed by atoms with Gasteiger partial charge in [0, 0.05) is 30.5 Å². The lowest BCUT2D eigenvalue weighted by molar-refractivity contribution is -0.137. The van der Waals surface area contributed by atoms with Crippen LogP contribution in [0.2, 0.25) is 0 Å². The van der Waals surface area contributed by atoms with Crippen molar-refractivity contribution < 1.29 is 22.1 Å². The van der Waals surface area contributed by atoms with Crippen LogP contribution >= 0.6 is 0 Å². The summed E-state index contributed by atoms with van der Waals surface area (Å²) in [5.74, 6) is -0.339. The van der Waals surface area contributed by atoms with Crippen molar-refractivity contribution in [3.05, 3.63) is 130 Å². The van der Waals surface area contributed by atoms with E-state index in [0.717, 1.165) is 23.8 Å². The number of hydrogen-bond donors (Lipinski definition) is 0. The number of pyridine rings is 1. The van der Waals surface area contributed by atoms with Crippen molar-refractivity contribution in [3.8, 4) is 17.1 Å². The average molecular weight is 545 g/mol. The summed E-state index contributed by atoms with van der Waals surface area (Å²) in [7, 11) is 0. The first kappa shape index (κ1) is 25.2. The maximum atomic E-state index is 15.2. The number of benzene rings is 3. The second-order valence-electron chi connectivity index (χ2n) is 9.16. The van der Waals surface area contributed by atoms with E-state index in [4.69, 9.17) is 4.52 Å². The zero-order valence-electron chi connectivity index (χ0n) is 20.6. The molecule has 3 aromatic carbocycles. The van der Waals surface area contributed by atoms with Crippen molar-refractivity contribution in [3.63, 3.8) is 0 Å². The summed E-state index contributed by atoms with van der Waals surface area (Å²) in [6.07, 6.45) is 1.86. The highest BCUT2D eigenvalue weighted by atomic mass is 19.4. The van der Waals surface area contributed by atoms with E-state index in [9.17, 15) is 18.0 Å². The van der Waals surface area contributed by atoms with E-state index >= 15 is 4.39 Å². The third kappa shape index (κ3) is 4.89. The van der Waals surface area contributed by atoms with E-state index in [2.05, 4.69) is 15.1 Å². The molecule has 6 rings (SSSR count). The smallest absolute Gasteiger partial charge is 0.342 e. The predicted octanol–water partition coefficient (Wildman–Crippen LogP) is 6.03. The van der Waals surface area contributed by atoms with Crippen LogP contribution in [0.4, 0.5) is 17.6 Å². The van der Waals surface area contributed by atoms with E-state index in [1.54, 1.807) is 10.8 Å². The van der Waals surface area contributed by atoms with E-state index < -0.39 is 23.0 Å². The molecule has 0 aliphatic heterocycles. The second-order valence-corrected chi connectivity index (χ2v) is 9.16. The van der Waals surface area contributed by atoms with Gasteiger partial charge in [0.15, 0.2) is 0 Å². The van der Waals surface area contributed by atoms with Crippen molar-refractivity contribution in [2.45, 2.75) is 19.1 Å². The largest absolute Gasteiger partial charge is 0.416 e. The Bertz CT molecular complexity index is 1860. The SMILES string of the molecule is O=c1c(-c2noc(Cc3ccccc3)n2)cn(Cc2ccc(C(F)(F)F)cc2)c2cc(-n3ccnc3)c(F)cc12. The molecule has 0 aliphatic rings. The van der Waals surface area contributed by atoms with Gasteiger partial charge < -0.3 is 13.7 Å². The predicted molar refractivity (Wildman–Crippen MR) is 138 cm³/mol. The van der Waals surface area contributed by atoms with Crippen molar-refractivity contribution in [2.75, 3.05) is 0 Å². The maximum Gasteiger partial charge on any atom is 0.416 e. The first-order chi connectivity index (χ1) is 19.3. The van der Waals surface area contributed by atoms with Gasteiger partial charge >= 0.3 is 6.18 Å². The van der Waals surface area contributed by atoms with E-state index in [0.29, 0.717) is 17.5 Å². The summed E-state index contributed by atoms with van der Waals surface area (Å²) in [5, 5.41) is 4.04. The van der Waals surface area contributed by atoms with Crippen LogP contribution in [0.25, 0.3) is 28.0 Å². The molecule has 0 atom stereocenters. The minimum atomic E-state index is -4.47. The van der Waals surface area contributed by atoms with Gasteiger partial charge in [-0.3, -0.25) is 4.79 Å². The van der Waals surface area contributed by atoms with Crippen LogP contribution in [0.3, 0.4) is 0 Å². The molecule has 7 nitrogen and oxygen atoms in total. The summed E-state index contributed by atoms with van der Waals surface area (Å²) in [6, 6.07) is 16.8. The fourth-order valence-corrected chi connectivity index (χ4v) is 4.49. The molecule has 0 saturated heterocycles. The lowest BCUT2D eigenvalue weighted by Gasteiger charge is -2.15. The fourth-order valence-electron chi connectivity index (χ4n) is 4.49. The molecule has 0 N–H and O–H groups in total. The standard InChI is InChI=1S/C29H19F4N5O2/c30-23-13-21-24(14-25(23)37-11-10-34-17-37)38(15-19-6-8-20(9-7-19)29(31,32)33)16-22(27(21)39)28-35-26(40-36-28)12-18-4-2-1-3-5-18/h1-11,13-14,16-17H,12,15H2. The van der Waals surface area contributed by atoms with Crippen LogP contribution in [0, 0.1) is 5.82 Å². The summed E-state index contributed by atoms with van der Waals surface area (Å²) in [6.45, 7) is 0.0889. The van der Waals surface area contributed by atoms with Gasteiger partial charge in [0.05, 0.1) is 35.1 Å². The monoisotopic (exact) mass is 545 g/mol. The Balaban J connectivity index is 1.47. The molecule has 0 spiro atoms. The summed E-state index contributed by atoms with van der Waals surface area (Å²) in [5.41, 5.74) is 0.776. The van der Waals surface area contributed by atoms with Gasteiger partial charge in [-0.25, -0.2) is 9.37 Å². The van der Waals surface area contributed by atoms with E-state index in [-0.39, 0.29) is 34.9 Å². The van der Waals surface area contributed by atoms with E-state index in [1.807, 2.05) is 30.3 Å². The van der Waals surface area contributed by atoms with Gasteiger partial charge in [-0.15, -0.1) is 0 Å². The zero-order valence-corrected chi connectivity index (χ0v) is 20.6. The molecule has 0 aliphatic carbocycles. The normalized spacial score (nSPS) is 11.8. The second kappa shape index (κ2) is 9.92. The molecule has 3 heterocycles. The Labute approximate surface area is 224 Å². The maximum absolute atomic E-state index is 15.2. The summed E-state index contributed by atoms with van der Waals surface area (Å²) in [4.78, 5) is 21.9. The number of halogens is 4. The molecule has 0 fully saturated rings. The van der Waals surface area contributed by atoms with Crippen molar-refractivity contribution >= 4 is 10.9 Å². The first-order valence-corrected chi connectivity index (χ1v) is 12.1.